The van der Waals surface area contributed by atoms with E-state index in [1.54, 1.807) is 44.2 Å². The van der Waals surface area contributed by atoms with Crippen molar-refractivity contribution in [2.75, 3.05) is 13.2 Å². The molecule has 0 amide bonds. The van der Waals surface area contributed by atoms with Gasteiger partial charge in [0.2, 0.25) is 0 Å². The van der Waals surface area contributed by atoms with Crippen LogP contribution in [0.5, 0.6) is 0 Å². The molecule has 0 N–H and O–H groups in total. The highest BCUT2D eigenvalue weighted by Gasteiger charge is 2.15. The Morgan fingerprint density at radius 3 is 2.04 bits per heavy atom. The lowest BCUT2D eigenvalue weighted by atomic mass is 10.2. The standard InChI is InChI=1S/C20H16N2O6/c1-13-4-6-16(27-13)10-15(12-21)19(23)25-8-9-26-20(24)18(22-3)11-17-7-5-14(2)28-17/h4-7,10-11H,8-9H2,1-2H3/b15-10+,18-11-. The molecule has 0 saturated carbocycles. The van der Waals surface area contributed by atoms with Gasteiger partial charge in [0.15, 0.2) is 0 Å². The second-order valence-electron chi connectivity index (χ2n) is 5.48. The van der Waals surface area contributed by atoms with Crippen LogP contribution in [0.15, 0.2) is 44.4 Å². The van der Waals surface area contributed by atoms with Gasteiger partial charge in [-0.05, 0) is 44.2 Å². The zero-order valence-corrected chi connectivity index (χ0v) is 15.2. The molecule has 2 aromatic heterocycles. The Kier molecular flexibility index (Phi) is 6.95. The van der Waals surface area contributed by atoms with E-state index in [0.717, 1.165) is 0 Å². The van der Waals surface area contributed by atoms with Gasteiger partial charge in [-0.15, -0.1) is 0 Å². The Bertz CT molecular complexity index is 928. The highest BCUT2D eigenvalue weighted by molar-refractivity contribution is 5.97. The molecule has 142 valence electrons. The van der Waals surface area contributed by atoms with Crippen LogP contribution in [0.4, 0.5) is 0 Å². The van der Waals surface area contributed by atoms with Crippen molar-refractivity contribution in [1.82, 2.24) is 0 Å². The zero-order valence-electron chi connectivity index (χ0n) is 15.2. The van der Waals surface area contributed by atoms with Crippen LogP contribution >= 0.6 is 0 Å². The summed E-state index contributed by atoms with van der Waals surface area (Å²) in [4.78, 5) is 26.9. The number of esters is 2. The lowest BCUT2D eigenvalue weighted by Gasteiger charge is -2.05. The predicted octanol–water partition coefficient (Wildman–Crippen LogP) is 3.44. The van der Waals surface area contributed by atoms with E-state index < -0.39 is 11.9 Å². The van der Waals surface area contributed by atoms with E-state index >= 15 is 0 Å². The van der Waals surface area contributed by atoms with E-state index in [0.29, 0.717) is 23.0 Å². The van der Waals surface area contributed by atoms with Gasteiger partial charge in [0.1, 0.15) is 47.9 Å². The smallest absolute Gasteiger partial charge is 0.349 e. The molecule has 8 heteroatoms. The van der Waals surface area contributed by atoms with Crippen molar-refractivity contribution in [2.24, 2.45) is 0 Å². The summed E-state index contributed by atoms with van der Waals surface area (Å²) >= 11 is 0. The largest absolute Gasteiger partial charge is 0.467 e. The molecule has 0 spiro atoms. The average Bonchev–Trinajstić information content (AvgIpc) is 3.28. The number of hydrogen-bond donors (Lipinski definition) is 0. The van der Waals surface area contributed by atoms with Crippen molar-refractivity contribution < 1.29 is 27.9 Å². The molecule has 0 aliphatic rings. The van der Waals surface area contributed by atoms with Crippen molar-refractivity contribution in [2.45, 2.75) is 13.8 Å². The molecule has 28 heavy (non-hydrogen) atoms. The summed E-state index contributed by atoms with van der Waals surface area (Å²) in [6.45, 7) is 9.98. The molecule has 0 saturated heterocycles. The van der Waals surface area contributed by atoms with Crippen molar-refractivity contribution >= 4 is 24.1 Å². The molecule has 0 unspecified atom stereocenters. The predicted molar refractivity (Wildman–Crippen MR) is 97.0 cm³/mol. The molecule has 8 nitrogen and oxygen atoms in total. The number of nitriles is 1. The lowest BCUT2D eigenvalue weighted by Crippen LogP contribution is -2.15. The Hall–Kier alpha value is -4.04. The van der Waals surface area contributed by atoms with Crippen molar-refractivity contribution in [1.29, 1.82) is 5.26 Å². The topological polar surface area (TPSA) is 107 Å². The third-order valence-electron chi connectivity index (χ3n) is 3.31. The maximum atomic E-state index is 11.9. The summed E-state index contributed by atoms with van der Waals surface area (Å²) in [6, 6.07) is 8.34. The van der Waals surface area contributed by atoms with E-state index in [1.807, 2.05) is 0 Å². The number of hydrogen-bond acceptors (Lipinski definition) is 7. The fourth-order valence-electron chi connectivity index (χ4n) is 2.03. The van der Waals surface area contributed by atoms with Crippen LogP contribution in [0.1, 0.15) is 23.0 Å². The first-order valence-corrected chi connectivity index (χ1v) is 8.11. The Balaban J connectivity index is 1.85. The molecule has 0 aliphatic carbocycles. The Morgan fingerprint density at radius 2 is 1.57 bits per heavy atom. The maximum absolute atomic E-state index is 11.9. The van der Waals surface area contributed by atoms with Gasteiger partial charge in [-0.25, -0.2) is 9.64 Å². The first kappa shape index (κ1) is 20.3. The Morgan fingerprint density at radius 1 is 1.04 bits per heavy atom. The molecule has 0 atom stereocenters. The molecule has 2 aromatic rings. The van der Waals surface area contributed by atoms with Gasteiger partial charge in [0, 0.05) is 6.08 Å². The Labute approximate surface area is 161 Å². The van der Waals surface area contributed by atoms with E-state index in [-0.39, 0.29) is 24.5 Å². The van der Waals surface area contributed by atoms with Crippen LogP contribution in [0.3, 0.4) is 0 Å². The van der Waals surface area contributed by atoms with E-state index in [1.165, 1.54) is 12.2 Å². The molecule has 0 aromatic carbocycles. The molecular weight excluding hydrogens is 364 g/mol. The highest BCUT2D eigenvalue weighted by atomic mass is 16.6. The van der Waals surface area contributed by atoms with Crippen molar-refractivity contribution in [3.05, 3.63) is 70.0 Å². The number of nitrogens with zero attached hydrogens (tertiary/aromatic N) is 2. The first-order chi connectivity index (χ1) is 13.4. The summed E-state index contributed by atoms with van der Waals surface area (Å²) in [5.41, 5.74) is -0.526. The van der Waals surface area contributed by atoms with Gasteiger partial charge in [-0.3, -0.25) is 4.79 Å². The van der Waals surface area contributed by atoms with Gasteiger partial charge in [0.05, 0.1) is 6.57 Å². The third kappa shape index (κ3) is 5.75. The number of carbonyl (C=O) groups is 2. The summed E-state index contributed by atoms with van der Waals surface area (Å²) in [6.07, 6.45) is 2.52. The molecule has 2 heterocycles. The van der Waals surface area contributed by atoms with E-state index in [9.17, 15) is 9.59 Å². The van der Waals surface area contributed by atoms with Crippen LogP contribution in [0, 0.1) is 31.8 Å². The minimum atomic E-state index is -0.875. The minimum Gasteiger partial charge on any atom is -0.467 e. The van der Waals surface area contributed by atoms with Gasteiger partial charge in [-0.1, -0.05) is 0 Å². The zero-order chi connectivity index (χ0) is 20.5. The first-order valence-electron chi connectivity index (χ1n) is 8.11. The van der Waals surface area contributed by atoms with Crippen LogP contribution < -0.4 is 0 Å². The third-order valence-corrected chi connectivity index (χ3v) is 3.31. The van der Waals surface area contributed by atoms with Crippen LogP contribution in [-0.4, -0.2) is 25.2 Å². The lowest BCUT2D eigenvalue weighted by molar-refractivity contribution is -0.146. The van der Waals surface area contributed by atoms with Crippen LogP contribution in [0.2, 0.25) is 0 Å². The van der Waals surface area contributed by atoms with Gasteiger partial charge in [-0.2, -0.15) is 5.26 Å². The van der Waals surface area contributed by atoms with Gasteiger partial charge >= 0.3 is 11.9 Å². The van der Waals surface area contributed by atoms with E-state index in [4.69, 9.17) is 30.1 Å². The van der Waals surface area contributed by atoms with Crippen molar-refractivity contribution in [3.8, 4) is 6.07 Å². The molecule has 0 bridgehead atoms. The van der Waals surface area contributed by atoms with Gasteiger partial charge in [0.25, 0.3) is 5.70 Å². The van der Waals surface area contributed by atoms with Crippen molar-refractivity contribution in [3.63, 3.8) is 0 Å². The number of aryl methyl sites for hydroxylation is 2. The normalized spacial score (nSPS) is 11.4. The monoisotopic (exact) mass is 380 g/mol. The highest BCUT2D eigenvalue weighted by Crippen LogP contribution is 2.14. The number of ether oxygens (including phenoxy) is 2. The van der Waals surface area contributed by atoms with Gasteiger partial charge < -0.3 is 18.3 Å². The fourth-order valence-corrected chi connectivity index (χ4v) is 2.03. The van der Waals surface area contributed by atoms with Crippen LogP contribution in [-0.2, 0) is 19.1 Å². The second kappa shape index (κ2) is 9.60. The summed E-state index contributed by atoms with van der Waals surface area (Å²) in [7, 11) is 0. The maximum Gasteiger partial charge on any atom is 0.349 e. The fraction of sp³-hybridized carbons (Fsp3) is 0.200. The average molecular weight is 380 g/mol. The van der Waals surface area contributed by atoms with E-state index in [2.05, 4.69) is 4.85 Å². The molecule has 0 fully saturated rings. The number of rotatable bonds is 7. The summed E-state index contributed by atoms with van der Waals surface area (Å²) in [5, 5.41) is 9.06. The molecule has 0 aliphatic heterocycles. The number of carbonyl (C=O) groups excluding carboxylic acids is 2. The number of furan rings is 2. The second-order valence-corrected chi connectivity index (χ2v) is 5.48. The molecular formula is C20H16N2O6. The molecule has 2 rings (SSSR count). The summed E-state index contributed by atoms with van der Waals surface area (Å²) < 4.78 is 20.3. The quantitative estimate of drug-likeness (QED) is 0.238. The van der Waals surface area contributed by atoms with Crippen LogP contribution in [0.25, 0.3) is 17.0 Å². The minimum absolute atomic E-state index is 0.254. The SMILES string of the molecule is [C-]#[N+]/C(=C\c1ccc(C)o1)C(=O)OCCOC(=O)/C(C#N)=C/c1ccc(C)o1. The molecule has 0 radical (unpaired) electrons. The summed E-state index contributed by atoms with van der Waals surface area (Å²) in [5.74, 6) is 0.224.